The van der Waals surface area contributed by atoms with Crippen molar-refractivity contribution in [1.82, 2.24) is 4.90 Å². The summed E-state index contributed by atoms with van der Waals surface area (Å²) in [5.41, 5.74) is 0. The van der Waals surface area contributed by atoms with Crippen LogP contribution in [0, 0.1) is 0 Å². The van der Waals surface area contributed by atoms with Gasteiger partial charge in [-0.05, 0) is 12.8 Å². The van der Waals surface area contributed by atoms with E-state index in [-0.39, 0.29) is 25.2 Å². The molecular weight excluding hydrogens is 198 g/mol. The minimum atomic E-state index is 0.0206. The van der Waals surface area contributed by atoms with Crippen LogP contribution in [0.2, 0.25) is 0 Å². The smallest absolute Gasteiger partial charge is 0.248 e. The van der Waals surface area contributed by atoms with Crippen LogP contribution in [0.1, 0.15) is 12.8 Å². The van der Waals surface area contributed by atoms with E-state index in [1.165, 1.54) is 0 Å². The van der Waals surface area contributed by atoms with E-state index in [0.717, 1.165) is 12.8 Å². The highest BCUT2D eigenvalue weighted by Crippen LogP contribution is 2.10. The molecule has 1 aliphatic heterocycles. The number of carbonyl (C=O) groups is 1. The Balaban J connectivity index is 2.31. The van der Waals surface area contributed by atoms with E-state index >= 15 is 0 Å². The Labute approximate surface area is 90.0 Å². The van der Waals surface area contributed by atoms with E-state index in [1.54, 1.807) is 12.0 Å². The van der Waals surface area contributed by atoms with Gasteiger partial charge in [0.05, 0.1) is 12.7 Å². The van der Waals surface area contributed by atoms with Crippen LogP contribution in [0.25, 0.3) is 0 Å². The average Bonchev–Trinajstić information content (AvgIpc) is 2.26. The second kappa shape index (κ2) is 6.76. The van der Waals surface area contributed by atoms with E-state index in [1.807, 2.05) is 0 Å². The van der Waals surface area contributed by atoms with Crippen molar-refractivity contribution in [1.29, 1.82) is 0 Å². The second-order valence-electron chi connectivity index (χ2n) is 3.63. The summed E-state index contributed by atoms with van der Waals surface area (Å²) in [6.07, 6.45) is 1.58. The molecule has 0 bridgehead atoms. The van der Waals surface area contributed by atoms with Crippen LogP contribution in [-0.4, -0.2) is 62.0 Å². The van der Waals surface area contributed by atoms with Crippen molar-refractivity contribution in [3.8, 4) is 0 Å². The predicted molar refractivity (Wildman–Crippen MR) is 54.5 cm³/mol. The lowest BCUT2D eigenvalue weighted by molar-refractivity contribution is -0.150. The Hall–Kier alpha value is -0.650. The molecule has 0 aliphatic carbocycles. The molecule has 1 unspecified atom stereocenters. The number of aliphatic hydroxyl groups is 1. The first kappa shape index (κ1) is 12.4. The molecule has 1 aliphatic rings. The fraction of sp³-hybridized carbons (Fsp3) is 0.900. The Bertz CT molecular complexity index is 198. The molecule has 0 saturated carbocycles. The first-order chi connectivity index (χ1) is 7.27. The molecule has 1 rings (SSSR count). The van der Waals surface area contributed by atoms with Crippen molar-refractivity contribution >= 4 is 5.91 Å². The summed E-state index contributed by atoms with van der Waals surface area (Å²) >= 11 is 0. The van der Waals surface area contributed by atoms with Crippen molar-refractivity contribution in [2.45, 2.75) is 18.9 Å². The van der Waals surface area contributed by atoms with Gasteiger partial charge in [0.25, 0.3) is 0 Å². The topological polar surface area (TPSA) is 59.0 Å². The van der Waals surface area contributed by atoms with E-state index in [0.29, 0.717) is 19.7 Å². The molecule has 0 aromatic heterocycles. The molecule has 1 fully saturated rings. The Kier molecular flexibility index (Phi) is 5.60. The van der Waals surface area contributed by atoms with Gasteiger partial charge < -0.3 is 19.5 Å². The monoisotopic (exact) mass is 217 g/mol. The summed E-state index contributed by atoms with van der Waals surface area (Å²) in [7, 11) is 1.62. The molecule has 1 heterocycles. The predicted octanol–water partition coefficient (Wildman–Crippen LogP) is -0.367. The molecule has 1 saturated heterocycles. The van der Waals surface area contributed by atoms with Gasteiger partial charge in [-0.25, -0.2) is 0 Å². The van der Waals surface area contributed by atoms with Gasteiger partial charge in [0.1, 0.15) is 6.61 Å². The molecular formula is C10H19NO4. The Morgan fingerprint density at radius 3 is 3.13 bits per heavy atom. The largest absolute Gasteiger partial charge is 0.396 e. The highest BCUT2D eigenvalue weighted by atomic mass is 16.5. The van der Waals surface area contributed by atoms with Crippen LogP contribution in [-0.2, 0) is 14.3 Å². The summed E-state index contributed by atoms with van der Waals surface area (Å²) < 4.78 is 10.3. The van der Waals surface area contributed by atoms with Crippen molar-refractivity contribution in [3.05, 3.63) is 0 Å². The quantitative estimate of drug-likeness (QED) is 0.659. The standard InChI is InChI=1S/C10H19NO4/c1-14-6-4-11-7-9(3-2-5-12)15-8-10(11)13/h9,12H,2-8H2,1H3. The second-order valence-corrected chi connectivity index (χ2v) is 3.63. The molecule has 1 N–H and O–H groups in total. The summed E-state index contributed by atoms with van der Waals surface area (Å²) in [4.78, 5) is 13.2. The van der Waals surface area contributed by atoms with Crippen molar-refractivity contribution < 1.29 is 19.4 Å². The maximum absolute atomic E-state index is 11.4. The first-order valence-corrected chi connectivity index (χ1v) is 5.27. The molecule has 1 amide bonds. The van der Waals surface area contributed by atoms with Crippen molar-refractivity contribution in [3.63, 3.8) is 0 Å². The van der Waals surface area contributed by atoms with Gasteiger partial charge in [-0.1, -0.05) is 0 Å². The van der Waals surface area contributed by atoms with Crippen LogP contribution in [0.4, 0.5) is 0 Å². The highest BCUT2D eigenvalue weighted by molar-refractivity contribution is 5.78. The molecule has 0 aromatic rings. The summed E-state index contributed by atoms with van der Waals surface area (Å²) in [6.45, 7) is 2.11. The van der Waals surface area contributed by atoms with Gasteiger partial charge in [-0.2, -0.15) is 0 Å². The third-order valence-electron chi connectivity index (χ3n) is 2.47. The summed E-state index contributed by atoms with van der Waals surface area (Å²) in [6, 6.07) is 0. The normalized spacial score (nSPS) is 22.1. The lowest BCUT2D eigenvalue weighted by Gasteiger charge is -2.32. The maximum atomic E-state index is 11.4. The molecule has 0 aromatic carbocycles. The number of hydrogen-bond acceptors (Lipinski definition) is 4. The average molecular weight is 217 g/mol. The minimum Gasteiger partial charge on any atom is -0.396 e. The number of morpholine rings is 1. The summed E-state index contributed by atoms with van der Waals surface area (Å²) in [5, 5.41) is 8.70. The third-order valence-corrected chi connectivity index (χ3v) is 2.47. The number of ether oxygens (including phenoxy) is 2. The zero-order chi connectivity index (χ0) is 11.1. The molecule has 5 heteroatoms. The van der Waals surface area contributed by atoms with Crippen LogP contribution < -0.4 is 0 Å². The lowest BCUT2D eigenvalue weighted by Crippen LogP contribution is -2.47. The fourth-order valence-corrected chi connectivity index (χ4v) is 1.59. The number of aliphatic hydroxyl groups excluding tert-OH is 1. The van der Waals surface area contributed by atoms with Crippen molar-refractivity contribution in [2.75, 3.05) is 40.0 Å². The van der Waals surface area contributed by atoms with Gasteiger partial charge >= 0.3 is 0 Å². The Morgan fingerprint density at radius 2 is 2.47 bits per heavy atom. The van der Waals surface area contributed by atoms with Gasteiger partial charge in [-0.3, -0.25) is 4.79 Å². The van der Waals surface area contributed by atoms with Gasteiger partial charge in [-0.15, -0.1) is 0 Å². The molecule has 15 heavy (non-hydrogen) atoms. The Morgan fingerprint density at radius 1 is 1.67 bits per heavy atom. The molecule has 5 nitrogen and oxygen atoms in total. The molecule has 0 radical (unpaired) electrons. The number of rotatable bonds is 6. The minimum absolute atomic E-state index is 0.0206. The van der Waals surface area contributed by atoms with E-state index in [9.17, 15) is 4.79 Å². The SMILES string of the molecule is COCCN1CC(CCCO)OCC1=O. The fourth-order valence-electron chi connectivity index (χ4n) is 1.59. The van der Waals surface area contributed by atoms with Gasteiger partial charge in [0.2, 0.25) is 5.91 Å². The van der Waals surface area contributed by atoms with Crippen molar-refractivity contribution in [2.24, 2.45) is 0 Å². The molecule has 1 atom stereocenters. The third kappa shape index (κ3) is 4.15. The van der Waals surface area contributed by atoms with Gasteiger partial charge in [0, 0.05) is 26.8 Å². The van der Waals surface area contributed by atoms with Crippen LogP contribution >= 0.6 is 0 Å². The van der Waals surface area contributed by atoms with Gasteiger partial charge in [0.15, 0.2) is 0 Å². The maximum Gasteiger partial charge on any atom is 0.248 e. The van der Waals surface area contributed by atoms with E-state index in [4.69, 9.17) is 14.6 Å². The lowest BCUT2D eigenvalue weighted by atomic mass is 10.1. The van der Waals surface area contributed by atoms with Crippen LogP contribution in [0.15, 0.2) is 0 Å². The number of hydrogen-bond donors (Lipinski definition) is 1. The summed E-state index contributed by atoms with van der Waals surface area (Å²) in [5.74, 6) is 0.0206. The number of methoxy groups -OCH3 is 1. The molecule has 88 valence electrons. The zero-order valence-electron chi connectivity index (χ0n) is 9.15. The van der Waals surface area contributed by atoms with Crippen LogP contribution in [0.3, 0.4) is 0 Å². The number of amides is 1. The molecule has 0 spiro atoms. The van der Waals surface area contributed by atoms with E-state index < -0.39 is 0 Å². The number of carbonyl (C=O) groups excluding carboxylic acids is 1. The highest BCUT2D eigenvalue weighted by Gasteiger charge is 2.25. The first-order valence-electron chi connectivity index (χ1n) is 5.27. The number of nitrogens with zero attached hydrogens (tertiary/aromatic N) is 1. The van der Waals surface area contributed by atoms with Crippen LogP contribution in [0.5, 0.6) is 0 Å². The van der Waals surface area contributed by atoms with E-state index in [2.05, 4.69) is 0 Å². The zero-order valence-corrected chi connectivity index (χ0v) is 9.15.